The number of carbonyl (C=O) groups is 2. The van der Waals surface area contributed by atoms with E-state index in [1.54, 1.807) is 12.1 Å². The summed E-state index contributed by atoms with van der Waals surface area (Å²) in [7, 11) is 4.61. The Morgan fingerprint density at radius 3 is 2.37 bits per heavy atom. The summed E-state index contributed by atoms with van der Waals surface area (Å²) in [6.07, 6.45) is 3.50. The van der Waals surface area contributed by atoms with Gasteiger partial charge in [0.05, 0.1) is 39.4 Å². The third-order valence-electron chi connectivity index (χ3n) is 7.29. The molecule has 0 amide bonds. The Kier molecular flexibility index (Phi) is 5.94. The fourth-order valence-electron chi connectivity index (χ4n) is 5.60. The summed E-state index contributed by atoms with van der Waals surface area (Å²) in [5.74, 6) is 0.541. The Labute approximate surface area is 218 Å². The number of esters is 2. The van der Waals surface area contributed by atoms with Gasteiger partial charge in [0.15, 0.2) is 23.0 Å². The second-order valence-electron chi connectivity index (χ2n) is 9.19. The van der Waals surface area contributed by atoms with E-state index in [9.17, 15) is 9.59 Å². The maximum Gasteiger partial charge on any atom is 0.343 e. The molecule has 3 aromatic rings. The number of hydrogen-bond acceptors (Lipinski definition) is 10. The van der Waals surface area contributed by atoms with Crippen LogP contribution in [0.3, 0.4) is 0 Å². The van der Waals surface area contributed by atoms with Gasteiger partial charge in [0.2, 0.25) is 18.3 Å². The number of nitrogens with zero attached hydrogens (tertiary/aromatic N) is 1. The van der Waals surface area contributed by atoms with E-state index in [2.05, 4.69) is 4.98 Å². The molecule has 0 spiro atoms. The van der Waals surface area contributed by atoms with Crippen molar-refractivity contribution in [1.29, 1.82) is 0 Å². The van der Waals surface area contributed by atoms with E-state index >= 15 is 0 Å². The first-order chi connectivity index (χ1) is 18.5. The fraction of sp³-hybridized carbons (Fsp3) is 0.321. The Hall–Kier alpha value is -4.47. The molecule has 2 aliphatic heterocycles. The zero-order valence-corrected chi connectivity index (χ0v) is 21.0. The summed E-state index contributed by atoms with van der Waals surface area (Å²) in [6, 6.07) is 8.67. The van der Waals surface area contributed by atoms with Gasteiger partial charge in [0.1, 0.15) is 0 Å². The summed E-state index contributed by atoms with van der Waals surface area (Å²) < 4.78 is 39.7. The molecule has 1 aromatic heterocycles. The highest BCUT2D eigenvalue weighted by Crippen LogP contribution is 2.56. The largest absolute Gasteiger partial charge is 0.493 e. The van der Waals surface area contributed by atoms with Crippen LogP contribution in [-0.2, 0) is 16.0 Å². The first kappa shape index (κ1) is 23.9. The molecule has 2 aromatic carbocycles. The van der Waals surface area contributed by atoms with E-state index in [0.717, 1.165) is 16.7 Å². The van der Waals surface area contributed by atoms with Crippen molar-refractivity contribution in [3.8, 4) is 34.5 Å². The van der Waals surface area contributed by atoms with E-state index in [4.69, 9.17) is 33.2 Å². The molecule has 0 N–H and O–H groups in total. The monoisotopic (exact) mass is 519 g/mol. The zero-order valence-electron chi connectivity index (χ0n) is 21.0. The van der Waals surface area contributed by atoms with E-state index in [0.29, 0.717) is 40.7 Å². The number of pyridine rings is 1. The van der Waals surface area contributed by atoms with E-state index in [1.807, 2.05) is 18.2 Å². The van der Waals surface area contributed by atoms with Crippen LogP contribution in [0, 0.1) is 11.8 Å². The number of benzene rings is 2. The molecule has 3 atom stereocenters. The second kappa shape index (κ2) is 9.44. The van der Waals surface area contributed by atoms with Crippen LogP contribution in [0.1, 0.15) is 33.0 Å². The third kappa shape index (κ3) is 3.75. The Balaban J connectivity index is 1.54. The summed E-state index contributed by atoms with van der Waals surface area (Å²) >= 11 is 0. The predicted molar refractivity (Wildman–Crippen MR) is 131 cm³/mol. The van der Waals surface area contributed by atoms with E-state index < -0.39 is 17.8 Å². The number of aromatic nitrogens is 1. The van der Waals surface area contributed by atoms with Gasteiger partial charge in [0.25, 0.3) is 0 Å². The van der Waals surface area contributed by atoms with Crippen LogP contribution in [0.25, 0.3) is 0 Å². The molecule has 3 aliphatic rings. The van der Waals surface area contributed by atoms with Crippen LogP contribution in [-0.4, -0.2) is 51.7 Å². The average Bonchev–Trinajstić information content (AvgIpc) is 3.58. The van der Waals surface area contributed by atoms with Crippen molar-refractivity contribution in [1.82, 2.24) is 4.98 Å². The number of fused-ring (bicyclic) bond motifs is 3. The third-order valence-corrected chi connectivity index (χ3v) is 7.29. The first-order valence-corrected chi connectivity index (χ1v) is 12.1. The molecule has 6 rings (SSSR count). The number of ether oxygens (including phenoxy) is 7. The normalized spacial score (nSPS) is 20.7. The summed E-state index contributed by atoms with van der Waals surface area (Å²) in [5.41, 5.74) is 2.65. The second-order valence-corrected chi connectivity index (χ2v) is 9.19. The van der Waals surface area contributed by atoms with Crippen LogP contribution in [0.15, 0.2) is 42.7 Å². The van der Waals surface area contributed by atoms with Crippen molar-refractivity contribution >= 4 is 11.9 Å². The van der Waals surface area contributed by atoms with Gasteiger partial charge >= 0.3 is 11.9 Å². The van der Waals surface area contributed by atoms with Gasteiger partial charge in [-0.3, -0.25) is 9.78 Å². The summed E-state index contributed by atoms with van der Waals surface area (Å²) in [4.78, 5) is 30.1. The van der Waals surface area contributed by atoms with Gasteiger partial charge in [0, 0.05) is 29.8 Å². The first-order valence-electron chi connectivity index (χ1n) is 12.1. The SMILES string of the molecule is COc1cc([C@@H]2c3cc4c(c(OC(=O)c5ccncc5)c3C[C@@H]3COC(=O)[C@@H]32)OCO4)cc(OC)c1OC. The molecule has 10 heteroatoms. The molecular formula is C28H25NO9. The Morgan fingerprint density at radius 1 is 0.947 bits per heavy atom. The molecule has 1 saturated heterocycles. The fourth-order valence-corrected chi connectivity index (χ4v) is 5.60. The lowest BCUT2D eigenvalue weighted by molar-refractivity contribution is -0.141. The summed E-state index contributed by atoms with van der Waals surface area (Å²) in [5, 5.41) is 0. The minimum absolute atomic E-state index is 0.0121. The van der Waals surface area contributed by atoms with Crippen LogP contribution < -0.4 is 28.4 Å². The zero-order chi connectivity index (χ0) is 26.4. The van der Waals surface area contributed by atoms with Gasteiger partial charge in [-0.1, -0.05) is 0 Å². The molecule has 0 unspecified atom stereocenters. The van der Waals surface area contributed by atoms with Crippen molar-refractivity contribution in [3.63, 3.8) is 0 Å². The molecule has 10 nitrogen and oxygen atoms in total. The summed E-state index contributed by atoms with van der Waals surface area (Å²) in [6.45, 7) is 0.248. The highest BCUT2D eigenvalue weighted by Gasteiger charge is 2.49. The van der Waals surface area contributed by atoms with Gasteiger partial charge in [-0.2, -0.15) is 0 Å². The predicted octanol–water partition coefficient (Wildman–Crippen LogP) is 3.53. The molecule has 0 saturated carbocycles. The standard InChI is InChI=1S/C28H25NO9/c1-32-19-9-15(10-20(33-2)25(19)34-3)22-17-11-21-26(37-13-36-21)24(38-27(30)14-4-6-29-7-5-14)18(17)8-16-12-35-28(31)23(16)22/h4-7,9-11,16,22-23H,8,12-13H2,1-3H3/t16-,22-,23+/m1/s1. The van der Waals surface area contributed by atoms with Crippen LogP contribution in [0.2, 0.25) is 0 Å². The lowest BCUT2D eigenvalue weighted by Gasteiger charge is -2.34. The highest BCUT2D eigenvalue weighted by molar-refractivity contribution is 5.92. The maximum absolute atomic E-state index is 13.1. The van der Waals surface area contributed by atoms with Gasteiger partial charge < -0.3 is 33.2 Å². The average molecular weight is 520 g/mol. The quantitative estimate of drug-likeness (QED) is 0.354. The molecule has 38 heavy (non-hydrogen) atoms. The lowest BCUT2D eigenvalue weighted by Crippen LogP contribution is -2.32. The van der Waals surface area contributed by atoms with Crippen molar-refractivity contribution < 1.29 is 42.7 Å². The lowest BCUT2D eigenvalue weighted by atomic mass is 9.67. The van der Waals surface area contributed by atoms with Crippen LogP contribution in [0.4, 0.5) is 0 Å². The van der Waals surface area contributed by atoms with Gasteiger partial charge in [-0.25, -0.2) is 4.79 Å². The smallest absolute Gasteiger partial charge is 0.343 e. The maximum atomic E-state index is 13.1. The number of hydrogen-bond donors (Lipinski definition) is 0. The highest BCUT2D eigenvalue weighted by atomic mass is 16.7. The molecule has 3 heterocycles. The number of cyclic esters (lactones) is 1. The minimum atomic E-state index is -0.552. The molecule has 196 valence electrons. The molecule has 1 aliphatic carbocycles. The number of methoxy groups -OCH3 is 3. The minimum Gasteiger partial charge on any atom is -0.493 e. The van der Waals surface area contributed by atoms with E-state index in [1.165, 1.54) is 33.7 Å². The number of carbonyl (C=O) groups excluding carboxylic acids is 2. The number of rotatable bonds is 6. The van der Waals surface area contributed by atoms with Crippen molar-refractivity contribution in [2.75, 3.05) is 34.7 Å². The van der Waals surface area contributed by atoms with Gasteiger partial charge in [-0.05, 0) is 47.9 Å². The Morgan fingerprint density at radius 2 is 1.68 bits per heavy atom. The van der Waals surface area contributed by atoms with Crippen LogP contribution in [0.5, 0.6) is 34.5 Å². The van der Waals surface area contributed by atoms with Gasteiger partial charge in [-0.15, -0.1) is 0 Å². The van der Waals surface area contributed by atoms with Crippen molar-refractivity contribution in [2.24, 2.45) is 11.8 Å². The molecule has 0 radical (unpaired) electrons. The van der Waals surface area contributed by atoms with Crippen molar-refractivity contribution in [2.45, 2.75) is 12.3 Å². The molecule has 1 fully saturated rings. The van der Waals surface area contributed by atoms with Crippen LogP contribution >= 0.6 is 0 Å². The Bertz CT molecular complexity index is 1400. The van der Waals surface area contributed by atoms with Crippen molar-refractivity contribution in [3.05, 3.63) is 65.0 Å². The van der Waals surface area contributed by atoms with E-state index in [-0.39, 0.29) is 31.0 Å². The molecule has 0 bridgehead atoms. The molecular weight excluding hydrogens is 494 g/mol. The topological polar surface area (TPSA) is 112 Å².